The van der Waals surface area contributed by atoms with E-state index in [0.717, 1.165) is 89.5 Å². The van der Waals surface area contributed by atoms with Gasteiger partial charge >= 0.3 is 0 Å². The van der Waals surface area contributed by atoms with E-state index in [0.29, 0.717) is 5.95 Å². The van der Waals surface area contributed by atoms with E-state index < -0.39 is 0 Å². The Hall–Kier alpha value is -14.6. The van der Waals surface area contributed by atoms with Gasteiger partial charge in [0, 0.05) is 111 Å². The van der Waals surface area contributed by atoms with Crippen molar-refractivity contribution in [3.63, 3.8) is 0 Å². The Bertz CT molecular complexity index is 7360. The minimum Gasteiger partial charge on any atom is -0.309 e. The number of aromatic nitrogens is 7. The van der Waals surface area contributed by atoms with E-state index in [1.165, 1.54) is 122 Å². The molecule has 7 nitrogen and oxygen atoms in total. The van der Waals surface area contributed by atoms with E-state index in [-0.39, 0.29) is 0 Å². The number of para-hydroxylation sites is 4. The molecule has 0 aliphatic heterocycles. The molecule has 0 spiro atoms. The molecular weight excluding hydrogens is 1420 g/mol. The van der Waals surface area contributed by atoms with Crippen LogP contribution in [0.25, 0.3) is 218 Å². The van der Waals surface area contributed by atoms with Crippen LogP contribution in [0.1, 0.15) is 0 Å². The van der Waals surface area contributed by atoms with Gasteiger partial charge in [-0.3, -0.25) is 9.13 Å². The molecule has 0 saturated heterocycles. The van der Waals surface area contributed by atoms with Crippen LogP contribution in [0.3, 0.4) is 0 Å². The fourth-order valence-corrected chi connectivity index (χ4v) is 20.2. The maximum absolute atomic E-state index is 5.32. The topological polar surface area (TPSA) is 58.4 Å². The molecule has 0 saturated carbocycles. The molecule has 0 amide bonds. The molecule has 0 N–H and O–H groups in total. The summed E-state index contributed by atoms with van der Waals surface area (Å²) >= 11 is 3.79. The van der Waals surface area contributed by atoms with E-state index in [4.69, 9.17) is 15.0 Å². The summed E-state index contributed by atoms with van der Waals surface area (Å²) < 4.78 is 14.7. The Morgan fingerprint density at radius 1 is 0.184 bits per heavy atom. The second kappa shape index (κ2) is 26.6. The second-order valence-electron chi connectivity index (χ2n) is 29.3. The van der Waals surface area contributed by atoms with E-state index in [2.05, 4.69) is 400 Å². The van der Waals surface area contributed by atoms with Crippen LogP contribution in [0.5, 0.6) is 0 Å². The quantitative estimate of drug-likeness (QED) is 0.137. The number of benzene rings is 16. The fourth-order valence-electron chi connectivity index (χ4n) is 17.6. The van der Waals surface area contributed by atoms with Gasteiger partial charge in [-0.15, -0.1) is 22.7 Å². The zero-order valence-corrected chi connectivity index (χ0v) is 63.1. The number of hydrogen-bond donors (Lipinski definition) is 0. The van der Waals surface area contributed by atoms with Gasteiger partial charge in [-0.25, -0.2) is 15.0 Å². The zero-order chi connectivity index (χ0) is 74.9. The average Bonchev–Trinajstić information content (AvgIpc) is 1.57. The van der Waals surface area contributed by atoms with Crippen LogP contribution < -0.4 is 0 Å². The maximum atomic E-state index is 5.32. The largest absolute Gasteiger partial charge is 0.309 e. The summed E-state index contributed by atoms with van der Waals surface area (Å²) in [4.78, 5) is 15.7. The molecule has 0 fully saturated rings. The highest BCUT2D eigenvalue weighted by atomic mass is 32.1. The maximum Gasteiger partial charge on any atom is 0.235 e. The fraction of sp³-hybridized carbons (Fsp3) is 0. The smallest absolute Gasteiger partial charge is 0.235 e. The lowest BCUT2D eigenvalue weighted by atomic mass is 10.0. The molecular formula is C105H65N7S2. The molecule has 114 heavy (non-hydrogen) atoms. The molecule has 0 unspecified atom stereocenters. The summed E-state index contributed by atoms with van der Waals surface area (Å²) in [6.45, 7) is 0. The minimum absolute atomic E-state index is 0.651. The predicted molar refractivity (Wildman–Crippen MR) is 482 cm³/mol. The van der Waals surface area contributed by atoms with Gasteiger partial charge in [-0.2, -0.15) is 0 Å². The third-order valence-corrected chi connectivity index (χ3v) is 25.3. The van der Waals surface area contributed by atoms with E-state index >= 15 is 0 Å². The van der Waals surface area contributed by atoms with Gasteiger partial charge in [-0.1, -0.05) is 279 Å². The third kappa shape index (κ3) is 10.7. The number of nitrogens with zero attached hydrogens (tertiary/aromatic N) is 7. The second-order valence-corrected chi connectivity index (χ2v) is 31.4. The van der Waals surface area contributed by atoms with Crippen molar-refractivity contribution in [1.29, 1.82) is 0 Å². The highest BCUT2D eigenvalue weighted by molar-refractivity contribution is 7.27. The SMILES string of the molecule is c1ccc(-c2cc(-c3ccccc3)nc(-n3c4ccccc4c4cc(-c5ccc(-n6c7ccccc7c7c8sc9ccccc9c8ccc76)cc5)ccc43)c2)cc1.c1ccc(-c2cc(-c3ccccc3)nc(-n3c4ccccc4c4cc(-c5ccc(-n6c7ccccc7c7c8sc9ccccc9c8ccc76)cc5)ccc43)n2)cc1. The lowest BCUT2D eigenvalue weighted by Crippen LogP contribution is -2.03. The number of hydrogen-bond acceptors (Lipinski definition) is 5. The van der Waals surface area contributed by atoms with Crippen LogP contribution in [0.15, 0.2) is 394 Å². The Morgan fingerprint density at radius 3 is 0.974 bits per heavy atom. The molecule has 0 aliphatic rings. The van der Waals surface area contributed by atoms with E-state index in [9.17, 15) is 0 Å². The summed E-state index contributed by atoms with van der Waals surface area (Å²) in [7, 11) is 0. The molecule has 0 radical (unpaired) electrons. The Labute approximate surface area is 663 Å². The lowest BCUT2D eigenvalue weighted by Gasteiger charge is -2.13. The standard InChI is InChI=1S/C53H33N3S.C52H32N4S/c1-3-13-34(14-4-1)38-32-45(36-15-5-2-6-16-36)54-51(33-38)56-46-20-10-7-17-40(46)44-31-37(25-29-48(44)56)35-23-26-39(27-24-35)55-47-21-11-8-19-43(47)52-49(55)30-28-42-41-18-9-12-22-50(41)57-53(42)52;1-3-13-34(14-4-1)43-32-44(35-15-5-2-6-16-35)54-52(53-43)56-45-20-10-7-17-38(45)42-31-36(25-29-47(42)56)33-23-26-37(27-24-33)55-46-21-11-8-19-41(46)50-48(55)30-28-40-39-18-9-12-22-49(39)57-51(40)50/h1-33H;1-32H. The van der Waals surface area contributed by atoms with Gasteiger partial charge in [0.05, 0.1) is 61.2 Å². The molecule has 0 aliphatic carbocycles. The first-order valence-corrected chi connectivity index (χ1v) is 40.3. The first kappa shape index (κ1) is 65.3. The number of rotatable bonds is 10. The molecule has 0 bridgehead atoms. The first-order valence-electron chi connectivity index (χ1n) is 38.6. The zero-order valence-electron chi connectivity index (χ0n) is 61.5. The van der Waals surface area contributed by atoms with Crippen molar-refractivity contribution in [2.75, 3.05) is 0 Å². The Kier molecular flexibility index (Phi) is 15.2. The van der Waals surface area contributed by atoms with Gasteiger partial charge in [-0.05, 0) is 149 Å². The van der Waals surface area contributed by atoms with Crippen molar-refractivity contribution < 1.29 is 0 Å². The summed E-state index contributed by atoms with van der Waals surface area (Å²) in [5.41, 5.74) is 24.5. The van der Waals surface area contributed by atoms with Crippen LogP contribution in [0, 0.1) is 0 Å². The summed E-state index contributed by atoms with van der Waals surface area (Å²) in [6, 6.07) is 142. The van der Waals surface area contributed by atoms with Crippen LogP contribution in [0.4, 0.5) is 0 Å². The van der Waals surface area contributed by atoms with Crippen molar-refractivity contribution in [2.24, 2.45) is 0 Å². The van der Waals surface area contributed by atoms with Crippen molar-refractivity contribution >= 4 is 150 Å². The molecule has 24 aromatic rings. The number of fused-ring (bicyclic) bond motifs is 20. The van der Waals surface area contributed by atoms with E-state index in [1.807, 2.05) is 34.8 Å². The van der Waals surface area contributed by atoms with Crippen LogP contribution >= 0.6 is 22.7 Å². The Balaban J connectivity index is 0.000000135. The molecule has 24 rings (SSSR count). The number of thiophene rings is 2. The minimum atomic E-state index is 0.651. The predicted octanol–water partition coefficient (Wildman–Crippen LogP) is 28.7. The van der Waals surface area contributed by atoms with Crippen LogP contribution in [-0.4, -0.2) is 33.2 Å². The van der Waals surface area contributed by atoms with E-state index in [1.54, 1.807) is 0 Å². The summed E-state index contributed by atoms with van der Waals surface area (Å²) in [5.74, 6) is 1.55. The van der Waals surface area contributed by atoms with Gasteiger partial charge in [0.25, 0.3) is 0 Å². The third-order valence-electron chi connectivity index (χ3n) is 22.9. The monoisotopic (exact) mass is 1490 g/mol. The van der Waals surface area contributed by atoms with Crippen molar-refractivity contribution in [3.8, 4) is 90.3 Å². The lowest BCUT2D eigenvalue weighted by molar-refractivity contribution is 0.995. The van der Waals surface area contributed by atoms with Gasteiger partial charge in [0.1, 0.15) is 5.82 Å². The highest BCUT2D eigenvalue weighted by Crippen LogP contribution is 2.47. The molecule has 0 atom stereocenters. The molecule has 532 valence electrons. The van der Waals surface area contributed by atoms with Crippen LogP contribution in [-0.2, 0) is 0 Å². The summed E-state index contributed by atoms with van der Waals surface area (Å²) in [6.07, 6.45) is 0. The molecule has 16 aromatic carbocycles. The summed E-state index contributed by atoms with van der Waals surface area (Å²) in [5, 5.41) is 15.3. The molecule has 8 aromatic heterocycles. The molecule has 9 heteroatoms. The normalized spacial score (nSPS) is 11.9. The van der Waals surface area contributed by atoms with Crippen molar-refractivity contribution in [1.82, 2.24) is 33.2 Å². The number of pyridine rings is 1. The first-order chi connectivity index (χ1) is 56.5. The van der Waals surface area contributed by atoms with Gasteiger partial charge in [0.15, 0.2) is 0 Å². The van der Waals surface area contributed by atoms with Crippen LogP contribution in [0.2, 0.25) is 0 Å². The van der Waals surface area contributed by atoms with Gasteiger partial charge < -0.3 is 9.13 Å². The Morgan fingerprint density at radius 2 is 0.518 bits per heavy atom. The highest BCUT2D eigenvalue weighted by Gasteiger charge is 2.24. The average molecular weight is 1490 g/mol. The molecule has 8 heterocycles. The van der Waals surface area contributed by atoms with Crippen molar-refractivity contribution in [2.45, 2.75) is 0 Å². The van der Waals surface area contributed by atoms with Crippen molar-refractivity contribution in [3.05, 3.63) is 394 Å². The van der Waals surface area contributed by atoms with Gasteiger partial charge in [0.2, 0.25) is 5.95 Å².